The van der Waals surface area contributed by atoms with E-state index in [4.69, 9.17) is 10.8 Å². The second-order valence-electron chi connectivity index (χ2n) is 3.41. The summed E-state index contributed by atoms with van der Waals surface area (Å²) in [6, 6.07) is 4.37. The Labute approximate surface area is 85.7 Å². The minimum absolute atomic E-state index is 0.343. The van der Waals surface area contributed by atoms with E-state index >= 15 is 0 Å². The van der Waals surface area contributed by atoms with Crippen LogP contribution in [0.1, 0.15) is 31.8 Å². The van der Waals surface area contributed by atoms with Gasteiger partial charge in [-0.1, -0.05) is 6.92 Å². The Morgan fingerprint density at radius 2 is 2.21 bits per heavy atom. The van der Waals surface area contributed by atoms with Crippen molar-refractivity contribution in [1.29, 1.82) is 0 Å². The molecule has 0 aliphatic rings. The van der Waals surface area contributed by atoms with E-state index in [9.17, 15) is 0 Å². The number of hydrogen-bond acceptors (Lipinski definition) is 2. The molecule has 0 fully saturated rings. The fraction of sp³-hybridized carbons (Fsp3) is 0.500. The van der Waals surface area contributed by atoms with E-state index in [0.717, 1.165) is 30.9 Å². The van der Waals surface area contributed by atoms with Gasteiger partial charge in [-0.25, -0.2) is 0 Å². The first-order chi connectivity index (χ1) is 6.76. The Morgan fingerprint density at radius 1 is 1.50 bits per heavy atom. The Hall–Kier alpha value is -1.20. The van der Waals surface area contributed by atoms with Crippen LogP contribution in [0.4, 0.5) is 0 Å². The summed E-state index contributed by atoms with van der Waals surface area (Å²) in [4.78, 5) is 0. The Balaban J connectivity index is 2.34. The zero-order valence-corrected chi connectivity index (χ0v) is 8.84. The SMILES string of the molecule is C#CCC(C)NCc1ccc(CC)o1. The second kappa shape index (κ2) is 5.51. The maximum Gasteiger partial charge on any atom is 0.117 e. The van der Waals surface area contributed by atoms with Gasteiger partial charge in [-0.15, -0.1) is 12.3 Å². The minimum Gasteiger partial charge on any atom is -0.465 e. The van der Waals surface area contributed by atoms with Crippen molar-refractivity contribution in [1.82, 2.24) is 5.32 Å². The van der Waals surface area contributed by atoms with Crippen molar-refractivity contribution in [2.75, 3.05) is 0 Å². The number of aryl methyl sites for hydroxylation is 1. The lowest BCUT2D eigenvalue weighted by atomic mass is 10.2. The number of nitrogens with one attached hydrogen (secondary N) is 1. The molecule has 1 aromatic heterocycles. The van der Waals surface area contributed by atoms with Gasteiger partial charge < -0.3 is 9.73 Å². The van der Waals surface area contributed by atoms with Crippen molar-refractivity contribution in [2.45, 2.75) is 39.3 Å². The molecule has 0 spiro atoms. The largest absolute Gasteiger partial charge is 0.465 e. The quantitative estimate of drug-likeness (QED) is 0.723. The number of furan rings is 1. The Morgan fingerprint density at radius 3 is 2.79 bits per heavy atom. The molecular weight excluding hydrogens is 174 g/mol. The second-order valence-corrected chi connectivity index (χ2v) is 3.41. The smallest absolute Gasteiger partial charge is 0.117 e. The molecule has 0 amide bonds. The van der Waals surface area contributed by atoms with Crippen LogP contribution >= 0.6 is 0 Å². The molecule has 0 aliphatic carbocycles. The first-order valence-electron chi connectivity index (χ1n) is 5.00. The van der Waals surface area contributed by atoms with Gasteiger partial charge >= 0.3 is 0 Å². The summed E-state index contributed by atoms with van der Waals surface area (Å²) in [5, 5.41) is 3.30. The number of terminal acetylenes is 1. The van der Waals surface area contributed by atoms with Crippen LogP contribution < -0.4 is 5.32 Å². The zero-order chi connectivity index (χ0) is 10.4. The summed E-state index contributed by atoms with van der Waals surface area (Å²) in [5.74, 6) is 4.64. The van der Waals surface area contributed by atoms with E-state index < -0.39 is 0 Å². The molecule has 0 aliphatic heterocycles. The molecular formula is C12H17NO. The van der Waals surface area contributed by atoms with Gasteiger partial charge in [-0.2, -0.15) is 0 Å². The predicted octanol–water partition coefficient (Wildman–Crippen LogP) is 2.34. The maximum absolute atomic E-state index is 5.55. The average Bonchev–Trinajstić information content (AvgIpc) is 2.63. The summed E-state index contributed by atoms with van der Waals surface area (Å²) in [5.41, 5.74) is 0. The van der Waals surface area contributed by atoms with Crippen LogP contribution in [0.15, 0.2) is 16.5 Å². The summed E-state index contributed by atoms with van der Waals surface area (Å²) < 4.78 is 5.55. The minimum atomic E-state index is 0.343. The van der Waals surface area contributed by atoms with Crippen molar-refractivity contribution < 1.29 is 4.42 Å². The molecule has 0 saturated carbocycles. The molecule has 1 rings (SSSR count). The van der Waals surface area contributed by atoms with Gasteiger partial charge in [-0.05, 0) is 19.1 Å². The van der Waals surface area contributed by atoms with Gasteiger partial charge in [0, 0.05) is 18.9 Å². The third kappa shape index (κ3) is 3.27. The lowest BCUT2D eigenvalue weighted by molar-refractivity contribution is 0.433. The summed E-state index contributed by atoms with van der Waals surface area (Å²) in [7, 11) is 0. The van der Waals surface area contributed by atoms with E-state index in [1.54, 1.807) is 0 Å². The molecule has 76 valence electrons. The van der Waals surface area contributed by atoms with E-state index in [0.29, 0.717) is 6.04 Å². The highest BCUT2D eigenvalue weighted by atomic mass is 16.3. The first-order valence-corrected chi connectivity index (χ1v) is 5.00. The van der Waals surface area contributed by atoms with Crippen LogP contribution in [0.5, 0.6) is 0 Å². The van der Waals surface area contributed by atoms with Crippen LogP contribution in [0.25, 0.3) is 0 Å². The lowest BCUT2D eigenvalue weighted by Crippen LogP contribution is -2.24. The van der Waals surface area contributed by atoms with Gasteiger partial charge in [0.1, 0.15) is 11.5 Å². The van der Waals surface area contributed by atoms with Gasteiger partial charge in [0.05, 0.1) is 6.54 Å². The highest BCUT2D eigenvalue weighted by Crippen LogP contribution is 2.08. The zero-order valence-electron chi connectivity index (χ0n) is 8.84. The van der Waals surface area contributed by atoms with E-state index in [1.807, 2.05) is 12.1 Å². The molecule has 1 atom stereocenters. The standard InChI is InChI=1S/C12H17NO/c1-4-6-10(3)13-9-12-8-7-11(5-2)14-12/h1,7-8,10,13H,5-6,9H2,2-3H3. The van der Waals surface area contributed by atoms with E-state index in [2.05, 4.69) is 25.1 Å². The molecule has 0 radical (unpaired) electrons. The molecule has 14 heavy (non-hydrogen) atoms. The van der Waals surface area contributed by atoms with Gasteiger partial charge in [0.25, 0.3) is 0 Å². The summed E-state index contributed by atoms with van der Waals surface area (Å²) >= 11 is 0. The lowest BCUT2D eigenvalue weighted by Gasteiger charge is -2.08. The highest BCUT2D eigenvalue weighted by Gasteiger charge is 2.02. The van der Waals surface area contributed by atoms with Crippen molar-refractivity contribution >= 4 is 0 Å². The molecule has 2 nitrogen and oxygen atoms in total. The van der Waals surface area contributed by atoms with Gasteiger partial charge in [0.15, 0.2) is 0 Å². The van der Waals surface area contributed by atoms with Crippen LogP contribution in [0, 0.1) is 12.3 Å². The summed E-state index contributed by atoms with van der Waals surface area (Å²) in [6.45, 7) is 4.91. The normalized spacial score (nSPS) is 12.4. The molecule has 1 unspecified atom stereocenters. The third-order valence-electron chi connectivity index (χ3n) is 2.11. The topological polar surface area (TPSA) is 25.2 Å². The van der Waals surface area contributed by atoms with E-state index in [1.165, 1.54) is 0 Å². The maximum atomic E-state index is 5.55. The highest BCUT2D eigenvalue weighted by molar-refractivity contribution is 5.07. The molecule has 0 aromatic carbocycles. The van der Waals surface area contributed by atoms with Crippen molar-refractivity contribution in [3.63, 3.8) is 0 Å². The van der Waals surface area contributed by atoms with Crippen LogP contribution in [0.2, 0.25) is 0 Å². The summed E-state index contributed by atoms with van der Waals surface area (Å²) in [6.07, 6.45) is 6.91. The molecule has 0 bridgehead atoms. The van der Waals surface area contributed by atoms with Crippen LogP contribution in [-0.4, -0.2) is 6.04 Å². The molecule has 2 heteroatoms. The van der Waals surface area contributed by atoms with Crippen molar-refractivity contribution in [3.8, 4) is 12.3 Å². The Bertz CT molecular complexity index is 308. The van der Waals surface area contributed by atoms with Crippen LogP contribution in [0.3, 0.4) is 0 Å². The Kier molecular flexibility index (Phi) is 4.28. The molecule has 1 aromatic rings. The molecule has 1 heterocycles. The monoisotopic (exact) mass is 191 g/mol. The number of hydrogen-bond donors (Lipinski definition) is 1. The van der Waals surface area contributed by atoms with Gasteiger partial charge in [0.2, 0.25) is 0 Å². The van der Waals surface area contributed by atoms with Crippen LogP contribution in [-0.2, 0) is 13.0 Å². The molecule has 0 saturated heterocycles. The third-order valence-corrected chi connectivity index (χ3v) is 2.11. The van der Waals surface area contributed by atoms with Crippen molar-refractivity contribution in [3.05, 3.63) is 23.7 Å². The molecule has 1 N–H and O–H groups in total. The van der Waals surface area contributed by atoms with E-state index in [-0.39, 0.29) is 0 Å². The van der Waals surface area contributed by atoms with Crippen molar-refractivity contribution in [2.24, 2.45) is 0 Å². The number of rotatable bonds is 5. The average molecular weight is 191 g/mol. The predicted molar refractivity (Wildman–Crippen MR) is 57.8 cm³/mol. The fourth-order valence-electron chi connectivity index (χ4n) is 1.23. The first kappa shape index (κ1) is 10.9. The fourth-order valence-corrected chi connectivity index (χ4v) is 1.23. The van der Waals surface area contributed by atoms with Gasteiger partial charge in [-0.3, -0.25) is 0 Å².